The van der Waals surface area contributed by atoms with E-state index in [0.29, 0.717) is 16.3 Å². The van der Waals surface area contributed by atoms with Crippen LogP contribution in [0.25, 0.3) is 0 Å². The number of hydrogen-bond donors (Lipinski definition) is 2. The molecule has 0 spiro atoms. The van der Waals surface area contributed by atoms with Gasteiger partial charge in [0.15, 0.2) is 0 Å². The van der Waals surface area contributed by atoms with E-state index >= 15 is 0 Å². The molecule has 2 amide bonds. The quantitative estimate of drug-likeness (QED) is 0.683. The maximum Gasteiger partial charge on any atom is 0.251 e. The van der Waals surface area contributed by atoms with Gasteiger partial charge in [-0.2, -0.15) is 0 Å². The van der Waals surface area contributed by atoms with Gasteiger partial charge in [0.2, 0.25) is 5.91 Å². The molecule has 0 aliphatic heterocycles. The lowest BCUT2D eigenvalue weighted by atomic mass is 10.1. The van der Waals surface area contributed by atoms with Crippen LogP contribution in [0.4, 0.5) is 5.69 Å². The standard InChI is InChI=1S/C20H23ClN2O4S/c1-3-14-4-10-17(11-5-14)22-20(25)18(12-13-28(2,26)27)23-19(24)15-6-8-16(21)9-7-15/h4-11,18H,3,12-13H2,1-2H3,(H,22,25)(H,23,24)/t18-/m0/s1. The van der Waals surface area contributed by atoms with Crippen molar-refractivity contribution in [3.63, 3.8) is 0 Å². The third kappa shape index (κ3) is 6.98. The maximum atomic E-state index is 12.7. The van der Waals surface area contributed by atoms with Gasteiger partial charge in [-0.1, -0.05) is 30.7 Å². The lowest BCUT2D eigenvalue weighted by Crippen LogP contribution is -2.44. The van der Waals surface area contributed by atoms with Crippen molar-refractivity contribution >= 4 is 38.9 Å². The van der Waals surface area contributed by atoms with E-state index in [2.05, 4.69) is 10.6 Å². The van der Waals surface area contributed by atoms with Crippen molar-refractivity contribution < 1.29 is 18.0 Å². The minimum atomic E-state index is -3.29. The van der Waals surface area contributed by atoms with Crippen molar-refractivity contribution in [2.45, 2.75) is 25.8 Å². The summed E-state index contributed by atoms with van der Waals surface area (Å²) >= 11 is 5.82. The molecule has 0 aliphatic carbocycles. The Bertz CT molecular complexity index is 926. The minimum absolute atomic E-state index is 0.0307. The van der Waals surface area contributed by atoms with Crippen molar-refractivity contribution in [3.05, 3.63) is 64.7 Å². The Hall–Kier alpha value is -2.38. The molecule has 0 bridgehead atoms. The zero-order valence-corrected chi connectivity index (χ0v) is 17.3. The first kappa shape index (κ1) is 21.9. The number of anilines is 1. The SMILES string of the molecule is CCc1ccc(NC(=O)[C@H](CCS(C)(=O)=O)NC(=O)c2ccc(Cl)cc2)cc1. The summed E-state index contributed by atoms with van der Waals surface area (Å²) in [6, 6.07) is 12.5. The van der Waals surface area contributed by atoms with Gasteiger partial charge in [0.1, 0.15) is 15.9 Å². The molecule has 2 N–H and O–H groups in total. The van der Waals surface area contributed by atoms with Gasteiger partial charge in [-0.05, 0) is 54.8 Å². The summed E-state index contributed by atoms with van der Waals surface area (Å²) in [5.41, 5.74) is 2.03. The molecule has 2 rings (SSSR count). The second-order valence-corrected chi connectivity index (χ2v) is 9.19. The zero-order valence-electron chi connectivity index (χ0n) is 15.7. The first-order valence-corrected chi connectivity index (χ1v) is 11.3. The van der Waals surface area contributed by atoms with Crippen LogP contribution in [0.3, 0.4) is 0 Å². The number of carbonyl (C=O) groups is 2. The van der Waals surface area contributed by atoms with E-state index < -0.39 is 27.7 Å². The number of nitrogens with one attached hydrogen (secondary N) is 2. The number of sulfone groups is 1. The smallest absolute Gasteiger partial charge is 0.251 e. The fourth-order valence-electron chi connectivity index (χ4n) is 2.50. The number of carbonyl (C=O) groups excluding carboxylic acids is 2. The normalized spacial score (nSPS) is 12.2. The lowest BCUT2D eigenvalue weighted by molar-refractivity contribution is -0.118. The predicted molar refractivity (Wildman–Crippen MR) is 111 cm³/mol. The fourth-order valence-corrected chi connectivity index (χ4v) is 3.29. The van der Waals surface area contributed by atoms with E-state index in [4.69, 9.17) is 11.6 Å². The molecule has 1 atom stereocenters. The number of rotatable bonds is 8. The molecular formula is C20H23ClN2O4S. The molecule has 0 heterocycles. The van der Waals surface area contributed by atoms with Crippen molar-refractivity contribution in [2.24, 2.45) is 0 Å². The highest BCUT2D eigenvalue weighted by Gasteiger charge is 2.23. The molecule has 8 heteroatoms. The molecule has 0 saturated heterocycles. The average molecular weight is 423 g/mol. The van der Waals surface area contributed by atoms with E-state index in [1.807, 2.05) is 19.1 Å². The van der Waals surface area contributed by atoms with Gasteiger partial charge in [0.05, 0.1) is 5.75 Å². The summed E-state index contributed by atoms with van der Waals surface area (Å²) < 4.78 is 23.0. The Morgan fingerprint density at radius 2 is 1.64 bits per heavy atom. The van der Waals surface area contributed by atoms with Crippen molar-refractivity contribution in [2.75, 3.05) is 17.3 Å². The second-order valence-electron chi connectivity index (χ2n) is 6.49. The summed E-state index contributed by atoms with van der Waals surface area (Å²) in [6.07, 6.45) is 1.94. The number of benzene rings is 2. The molecule has 28 heavy (non-hydrogen) atoms. The van der Waals surface area contributed by atoms with E-state index in [-0.39, 0.29) is 12.2 Å². The molecule has 2 aromatic carbocycles. The zero-order chi connectivity index (χ0) is 20.7. The Kier molecular flexibility index (Phi) is 7.60. The van der Waals surface area contributed by atoms with Crippen molar-refractivity contribution in [3.8, 4) is 0 Å². The predicted octanol–water partition coefficient (Wildman–Crippen LogP) is 3.07. The average Bonchev–Trinajstić information content (AvgIpc) is 2.65. The second kappa shape index (κ2) is 9.71. The van der Waals surface area contributed by atoms with Gasteiger partial charge in [-0.3, -0.25) is 9.59 Å². The lowest BCUT2D eigenvalue weighted by Gasteiger charge is -2.18. The maximum absolute atomic E-state index is 12.7. The number of hydrogen-bond acceptors (Lipinski definition) is 4. The minimum Gasteiger partial charge on any atom is -0.340 e. The summed E-state index contributed by atoms with van der Waals surface area (Å²) in [5, 5.41) is 5.82. The third-order valence-electron chi connectivity index (χ3n) is 4.14. The summed E-state index contributed by atoms with van der Waals surface area (Å²) in [7, 11) is -3.29. The van der Waals surface area contributed by atoms with Crippen LogP contribution in [0.15, 0.2) is 48.5 Å². The fraction of sp³-hybridized carbons (Fsp3) is 0.300. The first-order chi connectivity index (χ1) is 13.2. The molecule has 0 unspecified atom stereocenters. The van der Waals surface area contributed by atoms with Crippen molar-refractivity contribution in [1.29, 1.82) is 0 Å². The van der Waals surface area contributed by atoms with Crippen LogP contribution in [0.2, 0.25) is 5.02 Å². The Balaban J connectivity index is 2.13. The van der Waals surface area contributed by atoms with E-state index in [1.54, 1.807) is 24.3 Å². The van der Waals surface area contributed by atoms with E-state index in [9.17, 15) is 18.0 Å². The van der Waals surface area contributed by atoms with Crippen LogP contribution in [-0.4, -0.2) is 38.3 Å². The summed E-state index contributed by atoms with van der Waals surface area (Å²) in [4.78, 5) is 25.1. The monoisotopic (exact) mass is 422 g/mol. The number of aryl methyl sites for hydroxylation is 1. The highest BCUT2D eigenvalue weighted by Crippen LogP contribution is 2.13. The van der Waals surface area contributed by atoms with Gasteiger partial charge >= 0.3 is 0 Å². The third-order valence-corrected chi connectivity index (χ3v) is 5.36. The highest BCUT2D eigenvalue weighted by atomic mass is 35.5. The van der Waals surface area contributed by atoms with Gasteiger partial charge in [-0.25, -0.2) is 8.42 Å². The van der Waals surface area contributed by atoms with Crippen molar-refractivity contribution in [1.82, 2.24) is 5.32 Å². The summed E-state index contributed by atoms with van der Waals surface area (Å²) in [5.74, 6) is -1.18. The van der Waals surface area contributed by atoms with Gasteiger partial charge < -0.3 is 10.6 Å². The molecule has 0 fully saturated rings. The van der Waals surface area contributed by atoms with Crippen LogP contribution < -0.4 is 10.6 Å². The molecule has 2 aromatic rings. The molecule has 0 saturated carbocycles. The van der Waals surface area contributed by atoms with Gasteiger partial charge in [0.25, 0.3) is 5.91 Å². The van der Waals surface area contributed by atoms with E-state index in [1.165, 1.54) is 12.1 Å². The van der Waals surface area contributed by atoms with Crippen LogP contribution >= 0.6 is 11.6 Å². The van der Waals surface area contributed by atoms with E-state index in [0.717, 1.165) is 18.2 Å². The highest BCUT2D eigenvalue weighted by molar-refractivity contribution is 7.90. The topological polar surface area (TPSA) is 92.3 Å². The Morgan fingerprint density at radius 3 is 2.18 bits per heavy atom. The first-order valence-electron chi connectivity index (χ1n) is 8.82. The molecule has 0 aliphatic rings. The Morgan fingerprint density at radius 1 is 1.04 bits per heavy atom. The van der Waals surface area contributed by atoms with Crippen LogP contribution in [0, 0.1) is 0 Å². The largest absolute Gasteiger partial charge is 0.340 e. The van der Waals surface area contributed by atoms with Crippen LogP contribution in [0.5, 0.6) is 0 Å². The molecule has 6 nitrogen and oxygen atoms in total. The van der Waals surface area contributed by atoms with Crippen LogP contribution in [-0.2, 0) is 21.1 Å². The molecule has 0 radical (unpaired) electrons. The molecule has 0 aromatic heterocycles. The van der Waals surface area contributed by atoms with Crippen LogP contribution in [0.1, 0.15) is 29.3 Å². The van der Waals surface area contributed by atoms with Gasteiger partial charge in [0, 0.05) is 22.5 Å². The van der Waals surface area contributed by atoms with Gasteiger partial charge in [-0.15, -0.1) is 0 Å². The summed E-state index contributed by atoms with van der Waals surface area (Å²) in [6.45, 7) is 2.03. The molecular weight excluding hydrogens is 400 g/mol. The number of amides is 2. The molecule has 150 valence electrons. The number of halogens is 1. The Labute approximate surface area is 170 Å².